The van der Waals surface area contributed by atoms with Crippen LogP contribution in [0.2, 0.25) is 0 Å². The lowest BCUT2D eigenvalue weighted by molar-refractivity contribution is 0.138. The molecule has 0 aliphatic carbocycles. The number of anilines is 1. The predicted octanol–water partition coefficient (Wildman–Crippen LogP) is 2.22. The SMILES string of the molecule is Nc1nc(CCC(F)F)c2c(-c3ccc4ncnn4c3)ccn2n1. The number of hydrogen-bond donors (Lipinski definition) is 1. The van der Waals surface area contributed by atoms with E-state index in [4.69, 9.17) is 5.73 Å². The Morgan fingerprint density at radius 1 is 1.17 bits per heavy atom. The molecule has 0 spiro atoms. The van der Waals surface area contributed by atoms with Gasteiger partial charge in [-0.25, -0.2) is 27.8 Å². The number of alkyl halides is 2. The zero-order valence-corrected chi connectivity index (χ0v) is 12.5. The third kappa shape index (κ3) is 2.43. The molecule has 4 aromatic heterocycles. The van der Waals surface area contributed by atoms with Crippen LogP contribution in [0.1, 0.15) is 12.1 Å². The van der Waals surface area contributed by atoms with Gasteiger partial charge in [0.15, 0.2) is 5.65 Å². The van der Waals surface area contributed by atoms with Crippen LogP contribution in [-0.4, -0.2) is 35.6 Å². The van der Waals surface area contributed by atoms with Gasteiger partial charge >= 0.3 is 0 Å². The van der Waals surface area contributed by atoms with Gasteiger partial charge in [-0.2, -0.15) is 5.10 Å². The molecule has 0 aliphatic rings. The summed E-state index contributed by atoms with van der Waals surface area (Å²) in [6.07, 6.45) is 2.47. The second-order valence-corrected chi connectivity index (χ2v) is 5.35. The molecule has 0 aromatic carbocycles. The minimum atomic E-state index is -2.40. The van der Waals surface area contributed by atoms with Crippen LogP contribution in [-0.2, 0) is 6.42 Å². The van der Waals surface area contributed by atoms with Crippen molar-refractivity contribution in [2.45, 2.75) is 19.3 Å². The number of hydrogen-bond acceptors (Lipinski definition) is 5. The number of rotatable bonds is 4. The van der Waals surface area contributed by atoms with E-state index in [0.717, 1.165) is 16.8 Å². The van der Waals surface area contributed by atoms with Crippen molar-refractivity contribution in [3.8, 4) is 11.1 Å². The summed E-state index contributed by atoms with van der Waals surface area (Å²) in [6, 6.07) is 5.59. The van der Waals surface area contributed by atoms with Crippen LogP contribution in [0.5, 0.6) is 0 Å². The second-order valence-electron chi connectivity index (χ2n) is 5.35. The fraction of sp³-hybridized carbons (Fsp3) is 0.200. The lowest BCUT2D eigenvalue weighted by Gasteiger charge is -2.08. The monoisotopic (exact) mass is 329 g/mol. The minimum Gasteiger partial charge on any atom is -0.367 e. The first-order valence-corrected chi connectivity index (χ1v) is 7.33. The molecule has 24 heavy (non-hydrogen) atoms. The Morgan fingerprint density at radius 3 is 2.88 bits per heavy atom. The van der Waals surface area contributed by atoms with Gasteiger partial charge in [-0.1, -0.05) is 0 Å². The summed E-state index contributed by atoms with van der Waals surface area (Å²) in [4.78, 5) is 8.27. The van der Waals surface area contributed by atoms with Crippen LogP contribution < -0.4 is 5.73 Å². The summed E-state index contributed by atoms with van der Waals surface area (Å²) >= 11 is 0. The number of fused-ring (bicyclic) bond motifs is 2. The molecule has 9 heteroatoms. The zero-order valence-electron chi connectivity index (χ0n) is 12.5. The number of nitrogen functional groups attached to an aromatic ring is 1. The van der Waals surface area contributed by atoms with Crippen LogP contribution in [0.15, 0.2) is 36.9 Å². The maximum Gasteiger partial charge on any atom is 0.239 e. The van der Waals surface area contributed by atoms with Crippen molar-refractivity contribution in [2.75, 3.05) is 5.73 Å². The smallest absolute Gasteiger partial charge is 0.239 e. The number of nitrogens with two attached hydrogens (primary N) is 1. The fourth-order valence-electron chi connectivity index (χ4n) is 2.75. The number of halogens is 2. The summed E-state index contributed by atoms with van der Waals surface area (Å²) in [5.41, 5.74) is 9.27. The summed E-state index contributed by atoms with van der Waals surface area (Å²) in [5, 5.41) is 8.24. The maximum absolute atomic E-state index is 12.6. The van der Waals surface area contributed by atoms with Crippen LogP contribution in [0.4, 0.5) is 14.7 Å². The highest BCUT2D eigenvalue weighted by atomic mass is 19.3. The fourth-order valence-corrected chi connectivity index (χ4v) is 2.75. The predicted molar refractivity (Wildman–Crippen MR) is 83.7 cm³/mol. The molecule has 0 saturated carbocycles. The first kappa shape index (κ1) is 14.5. The molecule has 2 N–H and O–H groups in total. The van der Waals surface area contributed by atoms with Gasteiger partial charge < -0.3 is 5.73 Å². The summed E-state index contributed by atoms with van der Waals surface area (Å²) < 4.78 is 28.4. The molecule has 0 amide bonds. The van der Waals surface area contributed by atoms with Crippen molar-refractivity contribution < 1.29 is 8.78 Å². The third-order valence-corrected chi connectivity index (χ3v) is 3.78. The summed E-state index contributed by atoms with van der Waals surface area (Å²) in [7, 11) is 0. The number of aryl methyl sites for hydroxylation is 1. The molecule has 4 aromatic rings. The van der Waals surface area contributed by atoms with E-state index in [1.165, 1.54) is 6.33 Å². The lowest BCUT2D eigenvalue weighted by Crippen LogP contribution is -2.07. The molecular weight excluding hydrogens is 316 g/mol. The van der Waals surface area contributed by atoms with Gasteiger partial charge in [0.05, 0.1) is 11.2 Å². The molecule has 0 unspecified atom stereocenters. The maximum atomic E-state index is 12.6. The van der Waals surface area contributed by atoms with Crippen LogP contribution >= 0.6 is 0 Å². The molecule has 7 nitrogen and oxygen atoms in total. The van der Waals surface area contributed by atoms with Crippen molar-refractivity contribution in [1.82, 2.24) is 29.2 Å². The Morgan fingerprint density at radius 2 is 2.04 bits per heavy atom. The average Bonchev–Trinajstić information content (AvgIpc) is 3.17. The van der Waals surface area contributed by atoms with Gasteiger partial charge in [-0.15, -0.1) is 5.10 Å². The van der Waals surface area contributed by atoms with E-state index in [-0.39, 0.29) is 18.8 Å². The lowest BCUT2D eigenvalue weighted by atomic mass is 10.1. The van der Waals surface area contributed by atoms with Gasteiger partial charge in [0.2, 0.25) is 12.4 Å². The topological polar surface area (TPSA) is 86.4 Å². The van der Waals surface area contributed by atoms with Gasteiger partial charge in [0.1, 0.15) is 6.33 Å². The molecule has 4 rings (SSSR count). The first-order chi connectivity index (χ1) is 11.6. The van der Waals surface area contributed by atoms with Crippen molar-refractivity contribution in [2.24, 2.45) is 0 Å². The average molecular weight is 329 g/mol. The number of nitrogens with zero attached hydrogens (tertiary/aromatic N) is 6. The molecule has 0 radical (unpaired) electrons. The van der Waals surface area contributed by atoms with Gasteiger partial charge in [0, 0.05) is 29.9 Å². The van der Waals surface area contributed by atoms with Crippen LogP contribution in [0.3, 0.4) is 0 Å². The molecule has 122 valence electrons. The van der Waals surface area contributed by atoms with E-state index < -0.39 is 6.43 Å². The third-order valence-electron chi connectivity index (χ3n) is 3.78. The highest BCUT2D eigenvalue weighted by Crippen LogP contribution is 2.28. The van der Waals surface area contributed by atoms with E-state index in [0.29, 0.717) is 11.2 Å². The Balaban J connectivity index is 1.88. The van der Waals surface area contributed by atoms with E-state index in [1.807, 2.05) is 24.4 Å². The van der Waals surface area contributed by atoms with Crippen molar-refractivity contribution >= 4 is 17.1 Å². The molecule has 0 fully saturated rings. The van der Waals surface area contributed by atoms with E-state index in [2.05, 4.69) is 20.2 Å². The highest BCUT2D eigenvalue weighted by Gasteiger charge is 2.15. The number of pyridine rings is 1. The Bertz CT molecular complexity index is 1020. The Hall–Kier alpha value is -3.10. The van der Waals surface area contributed by atoms with E-state index >= 15 is 0 Å². The molecular formula is C15H13F2N7. The standard InChI is InChI=1S/C15H13F2N7/c16-12(17)3-2-11-14-10(5-6-23(14)22-15(18)21-11)9-1-4-13-19-8-20-24(13)7-9/h1,4-8,12H,2-3H2,(H2,18,22). The first-order valence-electron chi connectivity index (χ1n) is 7.33. The van der Waals surface area contributed by atoms with Crippen molar-refractivity contribution in [3.63, 3.8) is 0 Å². The van der Waals surface area contributed by atoms with Gasteiger partial charge in [0.25, 0.3) is 0 Å². The summed E-state index contributed by atoms with van der Waals surface area (Å²) in [6.45, 7) is 0. The normalized spacial score (nSPS) is 11.8. The van der Waals surface area contributed by atoms with Crippen molar-refractivity contribution in [1.29, 1.82) is 0 Å². The molecule has 0 saturated heterocycles. The molecule has 0 atom stereocenters. The minimum absolute atomic E-state index is 0.0562. The quantitative estimate of drug-likeness (QED) is 0.620. The Labute approximate surface area is 134 Å². The summed E-state index contributed by atoms with van der Waals surface area (Å²) in [5.74, 6) is 0.0562. The molecule has 0 bridgehead atoms. The van der Waals surface area contributed by atoms with E-state index in [1.54, 1.807) is 15.2 Å². The van der Waals surface area contributed by atoms with E-state index in [9.17, 15) is 8.78 Å². The van der Waals surface area contributed by atoms with Crippen LogP contribution in [0.25, 0.3) is 22.3 Å². The highest BCUT2D eigenvalue weighted by molar-refractivity contribution is 5.82. The molecule has 0 aliphatic heterocycles. The number of aromatic nitrogens is 6. The second kappa shape index (κ2) is 5.52. The zero-order chi connectivity index (χ0) is 16.7. The Kier molecular flexibility index (Phi) is 3.33. The molecule has 4 heterocycles. The van der Waals surface area contributed by atoms with Gasteiger partial charge in [-0.05, 0) is 24.6 Å². The largest absolute Gasteiger partial charge is 0.367 e. The van der Waals surface area contributed by atoms with Crippen molar-refractivity contribution in [3.05, 3.63) is 42.6 Å². The van der Waals surface area contributed by atoms with Crippen LogP contribution in [0, 0.1) is 0 Å². The van der Waals surface area contributed by atoms with Gasteiger partial charge in [-0.3, -0.25) is 0 Å².